The van der Waals surface area contributed by atoms with Crippen molar-refractivity contribution in [3.8, 4) is 11.5 Å². The molecule has 22 heavy (non-hydrogen) atoms. The fourth-order valence-corrected chi connectivity index (χ4v) is 2.73. The average Bonchev–Trinajstić information content (AvgIpc) is 2.60. The number of benzene rings is 1. The fourth-order valence-electron chi connectivity index (χ4n) is 2.73. The second kappa shape index (κ2) is 6.05. The van der Waals surface area contributed by atoms with Crippen LogP contribution in [0.2, 0.25) is 0 Å². The van der Waals surface area contributed by atoms with Crippen LogP contribution in [0, 0.1) is 0 Å². The summed E-state index contributed by atoms with van der Waals surface area (Å²) in [6, 6.07) is 11.3. The number of carbonyl (C=O) groups excluding carboxylic acids is 1. The lowest BCUT2D eigenvalue weighted by molar-refractivity contribution is -0.120. The van der Waals surface area contributed by atoms with E-state index in [9.17, 15) is 4.79 Å². The van der Waals surface area contributed by atoms with Gasteiger partial charge in [-0.15, -0.1) is 0 Å². The normalized spacial score (nSPS) is 16.4. The van der Waals surface area contributed by atoms with Crippen LogP contribution in [0.1, 0.15) is 17.9 Å². The Balaban J connectivity index is 1.91. The van der Waals surface area contributed by atoms with Gasteiger partial charge in [0, 0.05) is 18.8 Å². The summed E-state index contributed by atoms with van der Waals surface area (Å²) in [6.07, 6.45) is 2.31. The van der Waals surface area contributed by atoms with Gasteiger partial charge in [-0.3, -0.25) is 9.69 Å². The average molecular weight is 298 g/mol. The van der Waals surface area contributed by atoms with Gasteiger partial charge in [0.15, 0.2) is 11.6 Å². The van der Waals surface area contributed by atoms with Gasteiger partial charge in [0.05, 0.1) is 19.6 Å². The molecule has 1 aromatic heterocycles. The molecular weight excluding hydrogens is 280 g/mol. The highest BCUT2D eigenvalue weighted by atomic mass is 16.5. The van der Waals surface area contributed by atoms with E-state index in [0.29, 0.717) is 24.6 Å². The van der Waals surface area contributed by atoms with E-state index in [0.717, 1.165) is 11.3 Å². The first-order valence-corrected chi connectivity index (χ1v) is 7.20. The van der Waals surface area contributed by atoms with Crippen molar-refractivity contribution < 1.29 is 14.3 Å². The van der Waals surface area contributed by atoms with Gasteiger partial charge >= 0.3 is 0 Å². The minimum Gasteiger partial charge on any atom is -0.493 e. The van der Waals surface area contributed by atoms with E-state index in [1.807, 2.05) is 24.3 Å². The molecule has 5 heteroatoms. The van der Waals surface area contributed by atoms with Gasteiger partial charge in [-0.25, -0.2) is 4.98 Å². The number of rotatable bonds is 3. The number of nitrogens with zero attached hydrogens (tertiary/aromatic N) is 2. The largest absolute Gasteiger partial charge is 0.493 e. The van der Waals surface area contributed by atoms with Crippen LogP contribution in [0.25, 0.3) is 0 Å². The Bertz CT molecular complexity index is 687. The third kappa shape index (κ3) is 2.50. The minimum absolute atomic E-state index is 0.00671. The van der Waals surface area contributed by atoms with E-state index in [-0.39, 0.29) is 11.8 Å². The SMILES string of the molecule is COc1cccnc1N(C)C(=O)C1CCOc2ccccc21. The van der Waals surface area contributed by atoms with Crippen molar-refractivity contribution in [1.82, 2.24) is 4.98 Å². The van der Waals surface area contributed by atoms with E-state index >= 15 is 0 Å². The molecule has 3 rings (SSSR count). The number of aromatic nitrogens is 1. The molecule has 1 atom stereocenters. The van der Waals surface area contributed by atoms with Gasteiger partial charge in [0.1, 0.15) is 5.75 Å². The topological polar surface area (TPSA) is 51.7 Å². The number of hydrogen-bond donors (Lipinski definition) is 0. The number of pyridine rings is 1. The summed E-state index contributed by atoms with van der Waals surface area (Å²) in [5.74, 6) is 1.67. The molecule has 0 aliphatic carbocycles. The van der Waals surface area contributed by atoms with Crippen molar-refractivity contribution in [2.45, 2.75) is 12.3 Å². The summed E-state index contributed by atoms with van der Waals surface area (Å²) in [7, 11) is 3.30. The fraction of sp³-hybridized carbons (Fsp3) is 0.294. The van der Waals surface area contributed by atoms with Crippen LogP contribution >= 0.6 is 0 Å². The van der Waals surface area contributed by atoms with Gasteiger partial charge in [-0.1, -0.05) is 18.2 Å². The number of ether oxygens (including phenoxy) is 2. The Kier molecular flexibility index (Phi) is 3.96. The summed E-state index contributed by atoms with van der Waals surface area (Å²) < 4.78 is 10.9. The summed E-state index contributed by atoms with van der Waals surface area (Å²) in [5.41, 5.74) is 0.931. The molecule has 0 N–H and O–H groups in total. The van der Waals surface area contributed by atoms with Gasteiger partial charge in [-0.2, -0.15) is 0 Å². The molecule has 0 saturated carbocycles. The van der Waals surface area contributed by atoms with Crippen LogP contribution in [0.3, 0.4) is 0 Å². The maximum atomic E-state index is 12.9. The Morgan fingerprint density at radius 1 is 1.32 bits per heavy atom. The maximum absolute atomic E-state index is 12.9. The van der Waals surface area contributed by atoms with Gasteiger partial charge in [0.25, 0.3) is 0 Å². The predicted molar refractivity (Wildman–Crippen MR) is 83.5 cm³/mol. The molecule has 5 nitrogen and oxygen atoms in total. The number of fused-ring (bicyclic) bond motifs is 1. The molecule has 0 radical (unpaired) electrons. The number of carbonyl (C=O) groups is 1. The van der Waals surface area contributed by atoms with Crippen LogP contribution < -0.4 is 14.4 Å². The minimum atomic E-state index is -0.221. The van der Waals surface area contributed by atoms with Crippen molar-refractivity contribution in [2.24, 2.45) is 0 Å². The van der Waals surface area contributed by atoms with Crippen molar-refractivity contribution in [2.75, 3.05) is 25.7 Å². The number of amides is 1. The van der Waals surface area contributed by atoms with Crippen LogP contribution in [0.15, 0.2) is 42.6 Å². The molecule has 0 spiro atoms. The summed E-state index contributed by atoms with van der Waals surface area (Å²) in [6.45, 7) is 0.542. The van der Waals surface area contributed by atoms with Crippen LogP contribution in [-0.4, -0.2) is 31.7 Å². The summed E-state index contributed by atoms with van der Waals surface area (Å²) >= 11 is 0. The number of anilines is 1. The lowest BCUT2D eigenvalue weighted by Crippen LogP contribution is -2.34. The number of hydrogen-bond acceptors (Lipinski definition) is 4. The Morgan fingerprint density at radius 3 is 2.95 bits per heavy atom. The molecule has 0 saturated heterocycles. The molecule has 1 amide bonds. The Labute approximate surface area is 129 Å². The molecule has 2 heterocycles. The molecule has 0 bridgehead atoms. The second-order valence-corrected chi connectivity index (χ2v) is 5.15. The first-order chi connectivity index (χ1) is 10.7. The highest BCUT2D eigenvalue weighted by Crippen LogP contribution is 2.36. The second-order valence-electron chi connectivity index (χ2n) is 5.15. The van der Waals surface area contributed by atoms with Gasteiger partial charge < -0.3 is 9.47 Å². The molecule has 2 aromatic rings. The number of para-hydroxylation sites is 1. The lowest BCUT2D eigenvalue weighted by Gasteiger charge is -2.28. The first-order valence-electron chi connectivity index (χ1n) is 7.20. The molecule has 1 aliphatic heterocycles. The molecule has 1 unspecified atom stereocenters. The molecular formula is C17H18N2O3. The zero-order valence-electron chi connectivity index (χ0n) is 12.7. The quantitative estimate of drug-likeness (QED) is 0.874. The molecule has 1 aromatic carbocycles. The lowest BCUT2D eigenvalue weighted by atomic mass is 9.92. The zero-order valence-corrected chi connectivity index (χ0v) is 12.7. The van der Waals surface area contributed by atoms with E-state index in [1.54, 1.807) is 37.4 Å². The summed E-state index contributed by atoms with van der Waals surface area (Å²) in [4.78, 5) is 18.7. The molecule has 0 fully saturated rings. The van der Waals surface area contributed by atoms with Crippen molar-refractivity contribution in [3.63, 3.8) is 0 Å². The predicted octanol–water partition coefficient (Wildman–Crippen LogP) is 2.62. The van der Waals surface area contributed by atoms with Crippen LogP contribution in [0.5, 0.6) is 11.5 Å². The van der Waals surface area contributed by atoms with E-state index in [4.69, 9.17) is 9.47 Å². The number of methoxy groups -OCH3 is 1. The Hall–Kier alpha value is -2.56. The van der Waals surface area contributed by atoms with E-state index in [2.05, 4.69) is 4.98 Å². The molecule has 114 valence electrons. The first kappa shape index (κ1) is 14.4. The highest BCUT2D eigenvalue weighted by molar-refractivity contribution is 5.98. The monoisotopic (exact) mass is 298 g/mol. The van der Waals surface area contributed by atoms with E-state index < -0.39 is 0 Å². The summed E-state index contributed by atoms with van der Waals surface area (Å²) in [5, 5.41) is 0. The van der Waals surface area contributed by atoms with E-state index in [1.165, 1.54) is 0 Å². The Morgan fingerprint density at radius 2 is 2.14 bits per heavy atom. The zero-order chi connectivity index (χ0) is 15.5. The van der Waals surface area contributed by atoms with Crippen molar-refractivity contribution >= 4 is 11.7 Å². The maximum Gasteiger partial charge on any atom is 0.235 e. The highest BCUT2D eigenvalue weighted by Gasteiger charge is 2.31. The third-order valence-corrected chi connectivity index (χ3v) is 3.88. The number of likely N-dealkylation sites (N-methyl/N-ethyl adjacent to an activating group) is 1. The molecule has 1 aliphatic rings. The van der Waals surface area contributed by atoms with Crippen LogP contribution in [-0.2, 0) is 4.79 Å². The standard InChI is InChI=1S/C17H18N2O3/c1-19(16-15(21-2)8-5-10-18-16)17(20)13-9-11-22-14-7-4-3-6-12(13)14/h3-8,10,13H,9,11H2,1-2H3. The van der Waals surface area contributed by atoms with Gasteiger partial charge in [0.2, 0.25) is 5.91 Å². The third-order valence-electron chi connectivity index (χ3n) is 3.88. The van der Waals surface area contributed by atoms with Crippen LogP contribution in [0.4, 0.5) is 5.82 Å². The van der Waals surface area contributed by atoms with Crippen molar-refractivity contribution in [3.05, 3.63) is 48.2 Å². The van der Waals surface area contributed by atoms with Crippen molar-refractivity contribution in [1.29, 1.82) is 0 Å². The van der Waals surface area contributed by atoms with Gasteiger partial charge in [-0.05, 0) is 24.6 Å². The smallest absolute Gasteiger partial charge is 0.235 e.